The maximum absolute atomic E-state index is 8.56. The number of hydrogen-bond donors (Lipinski definition) is 6. The van der Waals surface area contributed by atoms with Crippen molar-refractivity contribution in [3.05, 3.63) is 0 Å². The van der Waals surface area contributed by atoms with E-state index in [1.807, 2.05) is 0 Å². The van der Waals surface area contributed by atoms with Crippen LogP contribution in [0, 0.1) is 23.7 Å². The zero-order chi connectivity index (χ0) is 24.5. The predicted molar refractivity (Wildman–Crippen MR) is 114 cm³/mol. The number of hydrogen-bond acceptors (Lipinski definition) is 6. The molecular formula is C20H44O10. The Hall–Kier alpha value is -1.62. The third-order valence-corrected chi connectivity index (χ3v) is 3.61. The molecule has 0 aromatic rings. The smallest absolute Gasteiger partial charge is 0.450 e. The van der Waals surface area contributed by atoms with Crippen LogP contribution in [-0.4, -0.2) is 56.5 Å². The highest BCUT2D eigenvalue weighted by Gasteiger charge is 2.04. The Morgan fingerprint density at radius 3 is 1.03 bits per heavy atom. The maximum atomic E-state index is 8.56. The molecule has 0 amide bonds. The number of carbonyl (C=O) groups is 2. The summed E-state index contributed by atoms with van der Waals surface area (Å²) in [5, 5.41) is 44.0. The molecule has 0 heterocycles. The van der Waals surface area contributed by atoms with Gasteiger partial charge in [-0.1, -0.05) is 41.5 Å². The molecule has 0 aromatic carbocycles. The average Bonchev–Trinajstić information content (AvgIpc) is 2.53. The van der Waals surface area contributed by atoms with E-state index < -0.39 is 12.3 Å². The first kappa shape index (κ1) is 35.8. The maximum Gasteiger partial charge on any atom is 0.503 e. The summed E-state index contributed by atoms with van der Waals surface area (Å²) >= 11 is 0. The van der Waals surface area contributed by atoms with E-state index in [0.29, 0.717) is 13.2 Å². The molecule has 30 heavy (non-hydrogen) atoms. The lowest BCUT2D eigenvalue weighted by Crippen LogP contribution is -2.01. The van der Waals surface area contributed by atoms with Gasteiger partial charge in [-0.25, -0.2) is 19.4 Å². The van der Waals surface area contributed by atoms with Crippen LogP contribution in [0.25, 0.3) is 0 Å². The molecule has 6 N–H and O–H groups in total. The summed E-state index contributed by atoms with van der Waals surface area (Å²) in [6.45, 7) is 14.4. The fraction of sp³-hybridized carbons (Fsp3) is 0.900. The van der Waals surface area contributed by atoms with E-state index in [4.69, 9.17) is 40.5 Å². The van der Waals surface area contributed by atoms with Crippen LogP contribution in [0.2, 0.25) is 0 Å². The van der Waals surface area contributed by atoms with Crippen molar-refractivity contribution >= 4 is 12.3 Å². The molecule has 0 aromatic heterocycles. The Balaban J connectivity index is -0.000000167. The minimum absolute atomic E-state index is 0.475. The van der Waals surface area contributed by atoms with Gasteiger partial charge in [0.05, 0.1) is 13.2 Å². The molecule has 0 aliphatic rings. The first-order chi connectivity index (χ1) is 13.8. The fourth-order valence-corrected chi connectivity index (χ4v) is 2.84. The Morgan fingerprint density at radius 2 is 0.867 bits per heavy atom. The van der Waals surface area contributed by atoms with Gasteiger partial charge in [0, 0.05) is 0 Å². The molecule has 0 saturated carbocycles. The molecule has 184 valence electrons. The molecule has 0 aliphatic heterocycles. The van der Waals surface area contributed by atoms with Crippen molar-refractivity contribution in [2.24, 2.45) is 23.7 Å². The summed E-state index contributed by atoms with van der Waals surface area (Å²) in [7, 11) is 0. The standard InChI is InChI=1S/2C9H20O2.2CH2O3/c2*1-8(2)7-9(3)5-4-6-11-10;2*2-1(3)4/h2*8-10H,4-7H2,1-3H3;2*(H2,2,3,4). The van der Waals surface area contributed by atoms with Gasteiger partial charge in [0.1, 0.15) is 0 Å². The summed E-state index contributed by atoms with van der Waals surface area (Å²) in [6, 6.07) is 0. The topological polar surface area (TPSA) is 174 Å². The molecule has 10 heteroatoms. The van der Waals surface area contributed by atoms with Gasteiger partial charge in [0.2, 0.25) is 0 Å². The molecule has 0 fully saturated rings. The molecule has 0 radical (unpaired) electrons. The summed E-state index contributed by atoms with van der Waals surface area (Å²) < 4.78 is 0. The van der Waals surface area contributed by atoms with Crippen LogP contribution >= 0.6 is 0 Å². The van der Waals surface area contributed by atoms with Gasteiger partial charge >= 0.3 is 12.3 Å². The summed E-state index contributed by atoms with van der Waals surface area (Å²) in [6.07, 6.45) is 3.10. The predicted octanol–water partition coefficient (Wildman–Crippen LogP) is 6.32. The van der Waals surface area contributed by atoms with E-state index in [-0.39, 0.29) is 0 Å². The highest BCUT2D eigenvalue weighted by molar-refractivity contribution is 5.53. The largest absolute Gasteiger partial charge is 0.503 e. The second-order valence-electron chi connectivity index (χ2n) is 7.99. The second-order valence-corrected chi connectivity index (χ2v) is 7.99. The molecule has 0 aliphatic carbocycles. The van der Waals surface area contributed by atoms with Crippen molar-refractivity contribution in [2.75, 3.05) is 13.2 Å². The lowest BCUT2D eigenvalue weighted by Gasteiger charge is -2.12. The van der Waals surface area contributed by atoms with Crippen molar-refractivity contribution < 1.29 is 50.3 Å². The quantitative estimate of drug-likeness (QED) is 0.113. The van der Waals surface area contributed by atoms with E-state index in [9.17, 15) is 0 Å². The monoisotopic (exact) mass is 444 g/mol. The van der Waals surface area contributed by atoms with Gasteiger partial charge in [0.15, 0.2) is 0 Å². The minimum atomic E-state index is -1.83. The molecular weight excluding hydrogens is 400 g/mol. The number of carboxylic acid groups (broad SMARTS) is 4. The van der Waals surface area contributed by atoms with Gasteiger partial charge in [0.25, 0.3) is 0 Å². The van der Waals surface area contributed by atoms with Gasteiger partial charge in [-0.2, -0.15) is 0 Å². The fourth-order valence-electron chi connectivity index (χ4n) is 2.84. The summed E-state index contributed by atoms with van der Waals surface area (Å²) in [5.74, 6) is 3.07. The molecule has 2 atom stereocenters. The van der Waals surface area contributed by atoms with E-state index in [2.05, 4.69) is 51.3 Å². The zero-order valence-electron chi connectivity index (χ0n) is 19.3. The van der Waals surface area contributed by atoms with Crippen molar-refractivity contribution in [1.82, 2.24) is 0 Å². The average molecular weight is 445 g/mol. The zero-order valence-corrected chi connectivity index (χ0v) is 19.3. The van der Waals surface area contributed by atoms with Crippen molar-refractivity contribution in [2.45, 2.75) is 80.1 Å². The molecule has 0 saturated heterocycles. The Bertz CT molecular complexity index is 319. The SMILES string of the molecule is CC(C)CC(C)CCCOO.CC(C)CC(C)CCCOO.O=C(O)O.O=C(O)O. The summed E-state index contributed by atoms with van der Waals surface area (Å²) in [4.78, 5) is 25.1. The third kappa shape index (κ3) is 63.3. The lowest BCUT2D eigenvalue weighted by molar-refractivity contribution is -0.243. The first-order valence-electron chi connectivity index (χ1n) is 10.2. The van der Waals surface area contributed by atoms with E-state index in [0.717, 1.165) is 49.4 Å². The van der Waals surface area contributed by atoms with Crippen molar-refractivity contribution in [3.63, 3.8) is 0 Å². The minimum Gasteiger partial charge on any atom is -0.450 e. The van der Waals surface area contributed by atoms with Gasteiger partial charge in [-0.15, -0.1) is 0 Å². The Kier molecular flexibility index (Phi) is 32.7. The van der Waals surface area contributed by atoms with E-state index >= 15 is 0 Å². The van der Waals surface area contributed by atoms with Crippen LogP contribution < -0.4 is 0 Å². The highest BCUT2D eigenvalue weighted by Crippen LogP contribution is 2.16. The molecule has 2 unspecified atom stereocenters. The van der Waals surface area contributed by atoms with Crippen LogP contribution in [0.15, 0.2) is 0 Å². The second kappa shape index (κ2) is 27.4. The molecule has 10 nitrogen and oxygen atoms in total. The third-order valence-electron chi connectivity index (χ3n) is 3.61. The molecule has 0 rings (SSSR count). The normalized spacial score (nSPS) is 11.8. The highest BCUT2D eigenvalue weighted by atomic mass is 17.1. The first-order valence-corrected chi connectivity index (χ1v) is 10.2. The van der Waals surface area contributed by atoms with Crippen molar-refractivity contribution in [1.29, 1.82) is 0 Å². The lowest BCUT2D eigenvalue weighted by atomic mass is 9.95. The van der Waals surface area contributed by atoms with Gasteiger partial charge in [-0.05, 0) is 62.2 Å². The number of rotatable bonds is 12. The van der Waals surface area contributed by atoms with E-state index in [1.165, 1.54) is 12.8 Å². The Morgan fingerprint density at radius 1 is 0.633 bits per heavy atom. The van der Waals surface area contributed by atoms with Crippen LogP contribution in [0.3, 0.4) is 0 Å². The van der Waals surface area contributed by atoms with Crippen LogP contribution in [-0.2, 0) is 9.78 Å². The van der Waals surface area contributed by atoms with Gasteiger partial charge < -0.3 is 20.4 Å². The summed E-state index contributed by atoms with van der Waals surface area (Å²) in [5.41, 5.74) is 0. The van der Waals surface area contributed by atoms with Crippen molar-refractivity contribution in [3.8, 4) is 0 Å². The molecule has 0 bridgehead atoms. The molecule has 0 spiro atoms. The van der Waals surface area contributed by atoms with Crippen LogP contribution in [0.4, 0.5) is 9.59 Å². The van der Waals surface area contributed by atoms with E-state index in [1.54, 1.807) is 0 Å². The van der Waals surface area contributed by atoms with Crippen LogP contribution in [0.5, 0.6) is 0 Å². The Labute approximate surface area is 180 Å². The van der Waals surface area contributed by atoms with Gasteiger partial charge in [-0.3, -0.25) is 10.5 Å². The van der Waals surface area contributed by atoms with Crippen LogP contribution in [0.1, 0.15) is 80.1 Å².